The van der Waals surface area contributed by atoms with Crippen LogP contribution in [0.15, 0.2) is 0 Å². The summed E-state index contributed by atoms with van der Waals surface area (Å²) in [6.45, 7) is 2.96. The first-order chi connectivity index (χ1) is 12.3. The van der Waals surface area contributed by atoms with Crippen LogP contribution in [0.25, 0.3) is 0 Å². The molecule has 27 heavy (non-hydrogen) atoms. The lowest BCUT2D eigenvalue weighted by molar-refractivity contribution is 0.491. The van der Waals surface area contributed by atoms with Crippen molar-refractivity contribution in [3.8, 4) is 0 Å². The highest BCUT2D eigenvalue weighted by Gasteiger charge is 2.19. The summed E-state index contributed by atoms with van der Waals surface area (Å²) >= 11 is 0. The van der Waals surface area contributed by atoms with Gasteiger partial charge >= 0.3 is 0 Å². The molecule has 0 aromatic heterocycles. The molecule has 0 aromatic carbocycles. The molecule has 162 valence electrons. The second-order valence-corrected chi connectivity index (χ2v) is 16.7. The minimum absolute atomic E-state index is 0.153. The molecule has 3 aliphatic rings. The van der Waals surface area contributed by atoms with E-state index in [-0.39, 0.29) is 6.04 Å². The lowest BCUT2D eigenvalue weighted by atomic mass is 10.0. The second kappa shape index (κ2) is 10.7. The maximum absolute atomic E-state index is 11.3. The van der Waals surface area contributed by atoms with E-state index < -0.39 is 28.6 Å². The molecule has 3 saturated heterocycles. The van der Waals surface area contributed by atoms with Crippen LogP contribution in [0.4, 0.5) is 0 Å². The standard InChI is InChI=1S/C7H15NOS.C7H14OS.C5H11NOS/c1-10(9)4-2-7(6-8)3-5-10;1-7-3-5-9(2,8)6-4-7;1-8(7)3-2-5(6)4-8/h7H,1-6,8H2;7H,2-6H2,1H3;5H,1-4,6H2. The molecule has 0 aromatic rings. The van der Waals surface area contributed by atoms with Crippen molar-refractivity contribution in [3.05, 3.63) is 0 Å². The van der Waals surface area contributed by atoms with Crippen LogP contribution in [0.5, 0.6) is 0 Å². The van der Waals surface area contributed by atoms with E-state index in [2.05, 4.69) is 24.5 Å². The monoisotopic (exact) mass is 440 g/mol. The zero-order chi connectivity index (χ0) is 20.7. The van der Waals surface area contributed by atoms with E-state index in [0.717, 1.165) is 73.3 Å². The SMILES string of the molecule is C=S1(=O)CCC(C)CC1.C=S1(=O)CCC(CN)CC1.C=S1(=O)CCC(N)C1. The topological polar surface area (TPSA) is 103 Å². The molecule has 3 fully saturated rings. The van der Waals surface area contributed by atoms with E-state index >= 15 is 0 Å². The largest absolute Gasteiger partial charge is 0.330 e. The van der Waals surface area contributed by atoms with Gasteiger partial charge in [0, 0.05) is 40.6 Å². The summed E-state index contributed by atoms with van der Waals surface area (Å²) in [5, 5.41) is 0. The van der Waals surface area contributed by atoms with E-state index in [0.29, 0.717) is 11.7 Å². The first kappa shape index (κ1) is 25.0. The van der Waals surface area contributed by atoms with Gasteiger partial charge in [-0.15, -0.1) is 0 Å². The van der Waals surface area contributed by atoms with Crippen LogP contribution in [0.1, 0.15) is 39.0 Å². The molecular weight excluding hydrogens is 400 g/mol. The fourth-order valence-corrected chi connectivity index (χ4v) is 8.69. The van der Waals surface area contributed by atoms with E-state index in [1.807, 2.05) is 0 Å². The number of hydrogen-bond acceptors (Lipinski definition) is 5. The summed E-state index contributed by atoms with van der Waals surface area (Å²) in [5.74, 6) is 17.0. The molecule has 0 radical (unpaired) electrons. The van der Waals surface area contributed by atoms with Crippen LogP contribution in [0.2, 0.25) is 0 Å². The third kappa shape index (κ3) is 10.9. The molecule has 0 aliphatic carbocycles. The van der Waals surface area contributed by atoms with Crippen molar-refractivity contribution in [2.24, 2.45) is 23.3 Å². The molecule has 3 aliphatic heterocycles. The fourth-order valence-electron chi connectivity index (χ4n) is 3.25. The molecule has 0 amide bonds. The summed E-state index contributed by atoms with van der Waals surface area (Å²) in [4.78, 5) is 0. The molecule has 0 bridgehead atoms. The minimum atomic E-state index is -1.72. The van der Waals surface area contributed by atoms with Gasteiger partial charge in [0.1, 0.15) is 0 Å². The Bertz CT molecular complexity index is 728. The van der Waals surface area contributed by atoms with Crippen molar-refractivity contribution in [1.29, 1.82) is 0 Å². The lowest BCUT2D eigenvalue weighted by Crippen LogP contribution is -2.27. The van der Waals surface area contributed by atoms with Gasteiger partial charge in [0.25, 0.3) is 0 Å². The summed E-state index contributed by atoms with van der Waals surface area (Å²) in [5.41, 5.74) is 11.0. The van der Waals surface area contributed by atoms with Gasteiger partial charge in [-0.05, 0) is 96.7 Å². The molecular formula is C19H40N2O3S3. The quantitative estimate of drug-likeness (QED) is 0.582. The lowest BCUT2D eigenvalue weighted by Gasteiger charge is -2.22. The van der Waals surface area contributed by atoms with Crippen LogP contribution in [0.3, 0.4) is 0 Å². The predicted octanol–water partition coefficient (Wildman–Crippen LogP) is 0.638. The zero-order valence-electron chi connectivity index (χ0n) is 16.9. The van der Waals surface area contributed by atoms with Gasteiger partial charge in [-0.25, -0.2) is 0 Å². The molecule has 4 N–H and O–H groups in total. The van der Waals surface area contributed by atoms with Gasteiger partial charge in [-0.1, -0.05) is 6.92 Å². The van der Waals surface area contributed by atoms with Crippen LogP contribution in [-0.4, -0.2) is 77.3 Å². The molecule has 3 heterocycles. The van der Waals surface area contributed by atoms with Crippen LogP contribution >= 0.6 is 0 Å². The minimum Gasteiger partial charge on any atom is -0.330 e. The van der Waals surface area contributed by atoms with E-state index in [9.17, 15) is 12.6 Å². The van der Waals surface area contributed by atoms with Gasteiger partial charge in [-0.3, -0.25) is 12.6 Å². The third-order valence-corrected chi connectivity index (χ3v) is 11.4. The molecule has 0 saturated carbocycles. The van der Waals surface area contributed by atoms with E-state index in [1.54, 1.807) is 0 Å². The molecule has 8 heteroatoms. The fraction of sp³-hybridized carbons (Fsp3) is 0.842. The molecule has 0 spiro atoms. The van der Waals surface area contributed by atoms with Gasteiger partial charge < -0.3 is 11.5 Å². The van der Waals surface area contributed by atoms with Gasteiger partial charge in [0.15, 0.2) is 0 Å². The van der Waals surface area contributed by atoms with E-state index in [1.165, 1.54) is 0 Å². The zero-order valence-corrected chi connectivity index (χ0v) is 19.4. The Balaban J connectivity index is 0.000000204. The number of nitrogens with two attached hydrogens (primary N) is 2. The highest BCUT2D eigenvalue weighted by molar-refractivity contribution is 8.01. The Kier molecular flexibility index (Phi) is 9.89. The Labute approximate surface area is 168 Å². The normalized spacial score (nSPS) is 44.3. The first-order valence-corrected chi connectivity index (χ1v) is 16.0. The molecule has 2 unspecified atom stereocenters. The Hall–Kier alpha value is -0.0200. The van der Waals surface area contributed by atoms with Crippen molar-refractivity contribution in [3.63, 3.8) is 0 Å². The molecule has 5 nitrogen and oxygen atoms in total. The highest BCUT2D eigenvalue weighted by Crippen LogP contribution is 2.17. The Morgan fingerprint density at radius 1 is 0.778 bits per heavy atom. The van der Waals surface area contributed by atoms with Crippen LogP contribution in [-0.2, 0) is 28.6 Å². The number of hydrogen-bond donors (Lipinski definition) is 2. The van der Waals surface area contributed by atoms with Crippen LogP contribution in [0, 0.1) is 11.8 Å². The summed E-state index contributed by atoms with van der Waals surface area (Å²) in [6, 6.07) is 0.153. The van der Waals surface area contributed by atoms with Crippen molar-refractivity contribution < 1.29 is 12.6 Å². The van der Waals surface area contributed by atoms with Crippen molar-refractivity contribution >= 4 is 46.2 Å². The van der Waals surface area contributed by atoms with Crippen molar-refractivity contribution in [1.82, 2.24) is 0 Å². The molecule has 2 atom stereocenters. The summed E-state index contributed by atoms with van der Waals surface area (Å²) in [6.07, 6.45) is 5.14. The third-order valence-electron chi connectivity index (χ3n) is 5.47. The predicted molar refractivity (Wildman–Crippen MR) is 128 cm³/mol. The van der Waals surface area contributed by atoms with E-state index in [4.69, 9.17) is 11.5 Å². The first-order valence-electron chi connectivity index (χ1n) is 9.77. The average molecular weight is 441 g/mol. The number of rotatable bonds is 1. The average Bonchev–Trinajstić information content (AvgIpc) is 2.89. The second-order valence-electron chi connectivity index (χ2n) is 8.50. The maximum Gasteiger partial charge on any atom is 0.0311 e. The Morgan fingerprint density at radius 3 is 1.44 bits per heavy atom. The Morgan fingerprint density at radius 2 is 1.19 bits per heavy atom. The summed E-state index contributed by atoms with van der Waals surface area (Å²) in [7, 11) is -5.02. The highest BCUT2D eigenvalue weighted by atomic mass is 32.2. The van der Waals surface area contributed by atoms with Crippen molar-refractivity contribution in [2.45, 2.75) is 45.1 Å². The molecule has 3 rings (SSSR count). The summed E-state index contributed by atoms with van der Waals surface area (Å²) < 4.78 is 33.6. The maximum atomic E-state index is 11.3. The van der Waals surface area contributed by atoms with Crippen LogP contribution < -0.4 is 11.5 Å². The smallest absolute Gasteiger partial charge is 0.0311 e. The van der Waals surface area contributed by atoms with Gasteiger partial charge in [-0.2, -0.15) is 0 Å². The van der Waals surface area contributed by atoms with Gasteiger partial charge in [0.05, 0.1) is 0 Å². The van der Waals surface area contributed by atoms with Gasteiger partial charge in [0.2, 0.25) is 0 Å². The van der Waals surface area contributed by atoms with Crippen molar-refractivity contribution in [2.75, 3.05) is 41.1 Å².